The van der Waals surface area contributed by atoms with Crippen LogP contribution in [0, 0.1) is 0 Å². The molecule has 20 heavy (non-hydrogen) atoms. The number of carbonyl (C=O) groups is 2. The average molecular weight is 278 g/mol. The molecule has 0 aromatic heterocycles. The Hall–Kier alpha value is -2.28. The van der Waals surface area contributed by atoms with E-state index in [1.807, 2.05) is 30.3 Å². The summed E-state index contributed by atoms with van der Waals surface area (Å²) in [7, 11) is 1.50. The van der Waals surface area contributed by atoms with Gasteiger partial charge in [-0.25, -0.2) is 9.59 Å². The predicted molar refractivity (Wildman–Crippen MR) is 72.8 cm³/mol. The minimum Gasteiger partial charge on any atom is -0.353 e. The molecule has 4 N–H and O–H groups in total. The summed E-state index contributed by atoms with van der Waals surface area (Å²) in [5.41, 5.74) is 4.84. The van der Waals surface area contributed by atoms with Crippen LogP contribution in [0.4, 0.5) is 9.59 Å². The first-order valence-electron chi connectivity index (χ1n) is 6.29. The van der Waals surface area contributed by atoms with E-state index in [1.54, 1.807) is 4.90 Å². The highest BCUT2D eigenvalue weighted by Crippen LogP contribution is 2.30. The number of benzene rings is 1. The van der Waals surface area contributed by atoms with E-state index in [1.165, 1.54) is 7.11 Å². The third-order valence-electron chi connectivity index (χ3n) is 3.36. The number of carbonyl (C=O) groups excluding carboxylic acids is 2. The van der Waals surface area contributed by atoms with Crippen LogP contribution in [0.15, 0.2) is 30.3 Å². The molecular weight excluding hydrogens is 260 g/mol. The van der Waals surface area contributed by atoms with Gasteiger partial charge in [0.15, 0.2) is 5.72 Å². The van der Waals surface area contributed by atoms with Crippen LogP contribution in [0.5, 0.6) is 0 Å². The van der Waals surface area contributed by atoms with Gasteiger partial charge in [0.25, 0.3) is 0 Å². The number of urea groups is 2. The van der Waals surface area contributed by atoms with Crippen molar-refractivity contribution in [2.24, 2.45) is 5.73 Å². The molecule has 1 fully saturated rings. The van der Waals surface area contributed by atoms with Gasteiger partial charge >= 0.3 is 12.1 Å². The minimum atomic E-state index is -1.07. The normalized spacial score (nSPS) is 17.4. The molecule has 0 aliphatic carbocycles. The number of methoxy groups -OCH3 is 1. The molecule has 7 heteroatoms. The summed E-state index contributed by atoms with van der Waals surface area (Å²) in [6.07, 6.45) is 0. The van der Waals surface area contributed by atoms with Gasteiger partial charge in [0.2, 0.25) is 0 Å². The molecule has 1 aliphatic heterocycles. The van der Waals surface area contributed by atoms with Crippen LogP contribution in [0.25, 0.3) is 0 Å². The second-order valence-electron chi connectivity index (χ2n) is 4.46. The van der Waals surface area contributed by atoms with Gasteiger partial charge in [0.05, 0.1) is 6.54 Å². The summed E-state index contributed by atoms with van der Waals surface area (Å²) in [5, 5.41) is 5.26. The van der Waals surface area contributed by atoms with Crippen molar-refractivity contribution in [3.05, 3.63) is 35.9 Å². The molecule has 1 aliphatic rings. The second kappa shape index (κ2) is 5.79. The molecule has 0 saturated carbocycles. The average Bonchev–Trinajstić information content (AvgIpc) is 2.88. The van der Waals surface area contributed by atoms with Crippen LogP contribution in [0.1, 0.15) is 5.56 Å². The molecular formula is C13H18N4O3. The molecule has 1 atom stereocenters. The Balaban J connectivity index is 2.39. The van der Waals surface area contributed by atoms with Gasteiger partial charge in [-0.2, -0.15) is 0 Å². The third-order valence-corrected chi connectivity index (χ3v) is 3.36. The first kappa shape index (κ1) is 14.1. The molecule has 1 aromatic rings. The Labute approximate surface area is 117 Å². The van der Waals surface area contributed by atoms with E-state index in [0.717, 1.165) is 5.56 Å². The Kier molecular flexibility index (Phi) is 4.09. The van der Waals surface area contributed by atoms with Gasteiger partial charge in [-0.15, -0.1) is 0 Å². The highest BCUT2D eigenvalue weighted by Gasteiger charge is 2.44. The highest BCUT2D eigenvalue weighted by atomic mass is 16.5. The maximum absolute atomic E-state index is 12.0. The first-order chi connectivity index (χ1) is 9.60. The zero-order valence-corrected chi connectivity index (χ0v) is 11.3. The van der Waals surface area contributed by atoms with E-state index < -0.39 is 11.8 Å². The summed E-state index contributed by atoms with van der Waals surface area (Å²) in [4.78, 5) is 24.6. The fraction of sp³-hybridized carbons (Fsp3) is 0.385. The standard InChI is InChI=1S/C13H18N4O3/c1-20-13(9-16-11(14)18,10-5-3-2-4-6-10)17-8-7-15-12(17)19/h2-6H,7-9H2,1H3,(H,15,19)(H3,14,16,18). The molecule has 0 spiro atoms. The lowest BCUT2D eigenvalue weighted by Crippen LogP contribution is -2.56. The largest absolute Gasteiger partial charge is 0.353 e. The number of amides is 4. The zero-order chi connectivity index (χ0) is 14.6. The number of nitrogens with one attached hydrogen (secondary N) is 2. The third kappa shape index (κ3) is 2.53. The summed E-state index contributed by atoms with van der Waals surface area (Å²) >= 11 is 0. The van der Waals surface area contributed by atoms with E-state index in [0.29, 0.717) is 13.1 Å². The van der Waals surface area contributed by atoms with Crippen LogP contribution in [-0.4, -0.2) is 43.7 Å². The van der Waals surface area contributed by atoms with Gasteiger partial charge in [-0.3, -0.25) is 4.90 Å². The number of ether oxygens (including phenoxy) is 1. The maximum Gasteiger partial charge on any atom is 0.320 e. The molecule has 108 valence electrons. The Morgan fingerprint density at radius 3 is 2.70 bits per heavy atom. The van der Waals surface area contributed by atoms with Gasteiger partial charge in [-0.05, 0) is 0 Å². The van der Waals surface area contributed by atoms with Crippen molar-refractivity contribution in [3.63, 3.8) is 0 Å². The number of nitrogens with two attached hydrogens (primary N) is 1. The second-order valence-corrected chi connectivity index (χ2v) is 4.46. The molecule has 2 rings (SSSR count). The number of nitrogens with zero attached hydrogens (tertiary/aromatic N) is 1. The van der Waals surface area contributed by atoms with Gasteiger partial charge < -0.3 is 21.1 Å². The van der Waals surface area contributed by atoms with Crippen molar-refractivity contribution in [2.45, 2.75) is 5.72 Å². The topological polar surface area (TPSA) is 96.7 Å². The van der Waals surface area contributed by atoms with Crippen LogP contribution in [0.2, 0.25) is 0 Å². The van der Waals surface area contributed by atoms with Crippen molar-refractivity contribution in [3.8, 4) is 0 Å². The number of primary amides is 1. The fourth-order valence-corrected chi connectivity index (χ4v) is 2.38. The number of rotatable bonds is 5. The molecule has 7 nitrogen and oxygen atoms in total. The van der Waals surface area contributed by atoms with Crippen molar-refractivity contribution >= 4 is 12.1 Å². The Bertz CT molecular complexity index is 494. The number of hydrogen-bond acceptors (Lipinski definition) is 3. The SMILES string of the molecule is COC(CNC(N)=O)(c1ccccc1)N1CCNC1=O. The molecule has 1 heterocycles. The Morgan fingerprint density at radius 2 is 2.20 bits per heavy atom. The van der Waals surface area contributed by atoms with Crippen molar-refractivity contribution in [2.75, 3.05) is 26.7 Å². The van der Waals surface area contributed by atoms with Gasteiger partial charge in [-0.1, -0.05) is 30.3 Å². The zero-order valence-electron chi connectivity index (χ0n) is 11.3. The number of hydrogen-bond donors (Lipinski definition) is 3. The van der Waals surface area contributed by atoms with Gasteiger partial charge in [0, 0.05) is 25.8 Å². The summed E-state index contributed by atoms with van der Waals surface area (Å²) in [6, 6.07) is 8.36. The van der Waals surface area contributed by atoms with Crippen LogP contribution >= 0.6 is 0 Å². The molecule has 1 saturated heterocycles. The lowest BCUT2D eigenvalue weighted by atomic mass is 10.0. The van der Waals surface area contributed by atoms with E-state index in [2.05, 4.69) is 10.6 Å². The molecule has 4 amide bonds. The molecule has 0 bridgehead atoms. The predicted octanol–water partition coefficient (Wildman–Crippen LogP) is 0.179. The fourth-order valence-electron chi connectivity index (χ4n) is 2.38. The van der Waals surface area contributed by atoms with E-state index >= 15 is 0 Å². The van der Waals surface area contributed by atoms with Crippen LogP contribution < -0.4 is 16.4 Å². The Morgan fingerprint density at radius 1 is 1.50 bits per heavy atom. The van der Waals surface area contributed by atoms with Crippen molar-refractivity contribution < 1.29 is 14.3 Å². The minimum absolute atomic E-state index is 0.0796. The summed E-state index contributed by atoms with van der Waals surface area (Å²) in [5.74, 6) is 0. The van der Waals surface area contributed by atoms with Crippen LogP contribution in [-0.2, 0) is 10.5 Å². The monoisotopic (exact) mass is 278 g/mol. The highest BCUT2D eigenvalue weighted by molar-refractivity contribution is 5.77. The van der Waals surface area contributed by atoms with E-state index in [4.69, 9.17) is 10.5 Å². The maximum atomic E-state index is 12.0. The molecule has 0 radical (unpaired) electrons. The lowest BCUT2D eigenvalue weighted by molar-refractivity contribution is -0.109. The smallest absolute Gasteiger partial charge is 0.320 e. The quantitative estimate of drug-likeness (QED) is 0.716. The summed E-state index contributed by atoms with van der Waals surface area (Å²) < 4.78 is 5.62. The van der Waals surface area contributed by atoms with Crippen LogP contribution in [0.3, 0.4) is 0 Å². The van der Waals surface area contributed by atoms with Gasteiger partial charge in [0.1, 0.15) is 0 Å². The molecule has 1 aromatic carbocycles. The molecule has 1 unspecified atom stereocenters. The lowest BCUT2D eigenvalue weighted by Gasteiger charge is -2.40. The summed E-state index contributed by atoms with van der Waals surface area (Å²) in [6.45, 7) is 1.10. The first-order valence-corrected chi connectivity index (χ1v) is 6.29. The van der Waals surface area contributed by atoms with Crippen molar-refractivity contribution in [1.29, 1.82) is 0 Å². The van der Waals surface area contributed by atoms with E-state index in [9.17, 15) is 9.59 Å². The van der Waals surface area contributed by atoms with Crippen molar-refractivity contribution in [1.82, 2.24) is 15.5 Å². The van der Waals surface area contributed by atoms with E-state index in [-0.39, 0.29) is 12.6 Å².